The molecule has 3 aromatic rings. The molecule has 2 fully saturated rings. The summed E-state index contributed by atoms with van der Waals surface area (Å²) in [6.07, 6.45) is -1.67. The Balaban J connectivity index is 0.000000566. The molecular formula is C29H34F3N5O6S. The Morgan fingerprint density at radius 3 is 2.23 bits per heavy atom. The molecule has 15 heteroatoms. The van der Waals surface area contributed by atoms with Gasteiger partial charge in [0.15, 0.2) is 5.76 Å². The van der Waals surface area contributed by atoms with Crippen molar-refractivity contribution in [1.29, 1.82) is 0 Å². The normalized spacial score (nSPS) is 19.4. The SMILES string of the molecule is Cc1ccc(C)c(N2CCN(C(=O)[C@@H]3CN(S(=O)(=O)c4c(C)noc4C)C[C@H]3c3cccnc3)CC2)c1.O=C(O)C(F)(F)F. The Kier molecular flexibility index (Phi) is 9.68. The highest BCUT2D eigenvalue weighted by molar-refractivity contribution is 7.89. The number of pyridine rings is 1. The van der Waals surface area contributed by atoms with Gasteiger partial charge in [-0.25, -0.2) is 13.2 Å². The summed E-state index contributed by atoms with van der Waals surface area (Å²) in [5.74, 6) is -3.29. The van der Waals surface area contributed by atoms with Gasteiger partial charge in [0.2, 0.25) is 15.9 Å². The van der Waals surface area contributed by atoms with Crippen molar-refractivity contribution < 1.29 is 40.8 Å². The van der Waals surface area contributed by atoms with Gasteiger partial charge in [-0.2, -0.15) is 17.5 Å². The van der Waals surface area contributed by atoms with Crippen molar-refractivity contribution in [2.45, 2.75) is 44.7 Å². The first-order chi connectivity index (χ1) is 20.6. The molecule has 1 aromatic carbocycles. The monoisotopic (exact) mass is 637 g/mol. The van der Waals surface area contributed by atoms with Crippen molar-refractivity contribution in [3.8, 4) is 0 Å². The molecule has 2 saturated heterocycles. The number of carboxylic acid groups (broad SMARTS) is 1. The molecule has 0 radical (unpaired) electrons. The maximum atomic E-state index is 13.9. The molecule has 44 heavy (non-hydrogen) atoms. The van der Waals surface area contributed by atoms with E-state index in [2.05, 4.69) is 47.1 Å². The van der Waals surface area contributed by atoms with Crippen molar-refractivity contribution >= 4 is 27.6 Å². The number of halogens is 3. The predicted molar refractivity (Wildman–Crippen MR) is 154 cm³/mol. The van der Waals surface area contributed by atoms with Crippen LogP contribution in [0.2, 0.25) is 0 Å². The van der Waals surface area contributed by atoms with Crippen LogP contribution in [0.3, 0.4) is 0 Å². The first-order valence-corrected chi connectivity index (χ1v) is 15.3. The number of nitrogens with zero attached hydrogens (tertiary/aromatic N) is 5. The molecule has 2 atom stereocenters. The average molecular weight is 638 g/mol. The van der Waals surface area contributed by atoms with Crippen LogP contribution < -0.4 is 4.90 Å². The van der Waals surface area contributed by atoms with E-state index in [4.69, 9.17) is 14.4 Å². The van der Waals surface area contributed by atoms with E-state index in [9.17, 15) is 26.4 Å². The van der Waals surface area contributed by atoms with Crippen molar-refractivity contribution in [1.82, 2.24) is 19.3 Å². The topological polar surface area (TPSA) is 137 Å². The molecule has 238 valence electrons. The number of rotatable bonds is 5. The smallest absolute Gasteiger partial charge is 0.475 e. The summed E-state index contributed by atoms with van der Waals surface area (Å²) in [4.78, 5) is 31.3. The number of alkyl halides is 3. The van der Waals surface area contributed by atoms with Crippen LogP contribution in [-0.4, -0.2) is 90.2 Å². The number of carboxylic acids is 1. The molecule has 0 bridgehead atoms. The zero-order valence-corrected chi connectivity index (χ0v) is 25.5. The number of benzene rings is 1. The van der Waals surface area contributed by atoms with Gasteiger partial charge in [0, 0.05) is 63.3 Å². The molecule has 0 spiro atoms. The quantitative estimate of drug-likeness (QED) is 0.444. The number of anilines is 1. The predicted octanol–water partition coefficient (Wildman–Crippen LogP) is 3.69. The fourth-order valence-corrected chi connectivity index (χ4v) is 7.36. The highest BCUT2D eigenvalue weighted by Gasteiger charge is 2.46. The second-order valence-corrected chi connectivity index (χ2v) is 12.8. The Morgan fingerprint density at radius 1 is 1.02 bits per heavy atom. The van der Waals surface area contributed by atoms with Gasteiger partial charge < -0.3 is 19.4 Å². The molecule has 1 N–H and O–H groups in total. The third kappa shape index (κ3) is 7.04. The first-order valence-electron chi connectivity index (χ1n) is 13.8. The average Bonchev–Trinajstić information content (AvgIpc) is 3.58. The number of carbonyl (C=O) groups is 2. The van der Waals surface area contributed by atoms with Gasteiger partial charge in [-0.05, 0) is 56.5 Å². The fraction of sp³-hybridized carbons (Fsp3) is 0.448. The van der Waals surface area contributed by atoms with Gasteiger partial charge >= 0.3 is 12.1 Å². The van der Waals surface area contributed by atoms with Crippen LogP contribution >= 0.6 is 0 Å². The Labute approximate surface area is 253 Å². The molecule has 2 aliphatic heterocycles. The summed E-state index contributed by atoms with van der Waals surface area (Å²) in [7, 11) is -3.87. The van der Waals surface area contributed by atoms with Crippen molar-refractivity contribution in [3.05, 3.63) is 70.9 Å². The van der Waals surface area contributed by atoms with Gasteiger partial charge in [-0.1, -0.05) is 23.4 Å². The van der Waals surface area contributed by atoms with Crippen molar-refractivity contribution in [2.24, 2.45) is 5.92 Å². The molecule has 2 aromatic heterocycles. The van der Waals surface area contributed by atoms with Crippen LogP contribution in [0.1, 0.15) is 34.1 Å². The number of hydrogen-bond donors (Lipinski definition) is 1. The molecular weight excluding hydrogens is 603 g/mol. The molecule has 0 unspecified atom stereocenters. The van der Waals surface area contributed by atoms with Crippen LogP contribution in [0.15, 0.2) is 52.1 Å². The second-order valence-electron chi connectivity index (χ2n) is 10.9. The van der Waals surface area contributed by atoms with Gasteiger partial charge in [-0.15, -0.1) is 0 Å². The van der Waals surface area contributed by atoms with E-state index in [1.54, 1.807) is 26.2 Å². The molecule has 11 nitrogen and oxygen atoms in total. The van der Waals surface area contributed by atoms with Gasteiger partial charge in [0.1, 0.15) is 10.6 Å². The van der Waals surface area contributed by atoms with Crippen LogP contribution in [0, 0.1) is 33.6 Å². The van der Waals surface area contributed by atoms with Crippen LogP contribution in [0.4, 0.5) is 18.9 Å². The highest BCUT2D eigenvalue weighted by Crippen LogP contribution is 2.38. The highest BCUT2D eigenvalue weighted by atomic mass is 32.2. The minimum Gasteiger partial charge on any atom is -0.475 e. The van der Waals surface area contributed by atoms with E-state index >= 15 is 0 Å². The number of amides is 1. The maximum Gasteiger partial charge on any atom is 0.490 e. The van der Waals surface area contributed by atoms with Crippen LogP contribution in [-0.2, 0) is 19.6 Å². The third-order valence-corrected chi connectivity index (χ3v) is 9.90. The summed E-state index contributed by atoms with van der Waals surface area (Å²) >= 11 is 0. The van der Waals surface area contributed by atoms with E-state index in [0.29, 0.717) is 18.8 Å². The number of aryl methyl sites for hydroxylation is 4. The number of carbonyl (C=O) groups excluding carboxylic acids is 1. The Bertz CT molecular complexity index is 1590. The first kappa shape index (κ1) is 32.9. The van der Waals surface area contributed by atoms with Gasteiger partial charge in [0.25, 0.3) is 0 Å². The standard InChI is InChI=1S/C27H33N5O4S.C2HF3O2/c1-18-7-8-19(2)25(14-18)30-10-12-31(13-11-30)27(33)24-17-32(16-23(24)22-6-5-9-28-15-22)37(34,35)26-20(3)29-36-21(26)4;3-2(4,5)1(6)7/h5-9,14-15,23-24H,10-13,16-17H2,1-4H3;(H,6,7)/t23-,24+;/m0./s1. The lowest BCUT2D eigenvalue weighted by molar-refractivity contribution is -0.192. The zero-order chi connectivity index (χ0) is 32.4. The van der Waals surface area contributed by atoms with E-state index in [-0.39, 0.29) is 35.6 Å². The fourth-order valence-electron chi connectivity index (χ4n) is 5.58. The van der Waals surface area contributed by atoms with Crippen molar-refractivity contribution in [3.63, 3.8) is 0 Å². The molecule has 5 rings (SSSR count). The molecule has 4 heterocycles. The Hall–Kier alpha value is -3.98. The number of piperazine rings is 1. The largest absolute Gasteiger partial charge is 0.490 e. The molecule has 0 aliphatic carbocycles. The minimum absolute atomic E-state index is 0.00840. The summed E-state index contributed by atoms with van der Waals surface area (Å²) in [6.45, 7) is 10.4. The van der Waals surface area contributed by atoms with E-state index in [0.717, 1.165) is 18.7 Å². The molecule has 0 saturated carbocycles. The van der Waals surface area contributed by atoms with E-state index in [1.165, 1.54) is 21.1 Å². The lowest BCUT2D eigenvalue weighted by atomic mass is 9.88. The second kappa shape index (κ2) is 12.9. The van der Waals surface area contributed by atoms with Crippen LogP contribution in [0.25, 0.3) is 0 Å². The van der Waals surface area contributed by atoms with Crippen molar-refractivity contribution in [2.75, 3.05) is 44.2 Å². The Morgan fingerprint density at radius 2 is 1.68 bits per heavy atom. The lowest BCUT2D eigenvalue weighted by Crippen LogP contribution is -2.51. The summed E-state index contributed by atoms with van der Waals surface area (Å²) < 4.78 is 65.5. The number of aliphatic carboxylic acids is 1. The number of sulfonamides is 1. The summed E-state index contributed by atoms with van der Waals surface area (Å²) in [5.41, 5.74) is 4.83. The van der Waals surface area contributed by atoms with Gasteiger partial charge in [-0.3, -0.25) is 9.78 Å². The summed E-state index contributed by atoms with van der Waals surface area (Å²) in [5, 5.41) is 11.0. The summed E-state index contributed by atoms with van der Waals surface area (Å²) in [6, 6.07) is 10.2. The lowest BCUT2D eigenvalue weighted by Gasteiger charge is -2.38. The third-order valence-electron chi connectivity index (χ3n) is 7.82. The zero-order valence-electron chi connectivity index (χ0n) is 24.7. The number of aromatic nitrogens is 2. The van der Waals surface area contributed by atoms with E-state index < -0.39 is 28.1 Å². The minimum atomic E-state index is -5.08. The van der Waals surface area contributed by atoms with E-state index in [1.807, 2.05) is 17.0 Å². The van der Waals surface area contributed by atoms with Crippen LogP contribution in [0.5, 0.6) is 0 Å². The molecule has 1 amide bonds. The number of hydrogen-bond acceptors (Lipinski definition) is 8. The molecule has 2 aliphatic rings. The maximum absolute atomic E-state index is 13.9. The van der Waals surface area contributed by atoms with Gasteiger partial charge in [0.05, 0.1) is 5.92 Å².